The van der Waals surface area contributed by atoms with Crippen LogP contribution in [0.25, 0.3) is 0 Å². The van der Waals surface area contributed by atoms with Crippen LogP contribution in [-0.4, -0.2) is 39.2 Å². The molecule has 0 radical (unpaired) electrons. The number of carbonyl (C=O) groups excluding carboxylic acids is 2. The molecule has 2 aromatic rings. The highest BCUT2D eigenvalue weighted by molar-refractivity contribution is 5.97. The lowest BCUT2D eigenvalue weighted by Gasteiger charge is -2.32. The van der Waals surface area contributed by atoms with Gasteiger partial charge in [0.1, 0.15) is 5.82 Å². The van der Waals surface area contributed by atoms with E-state index in [0.717, 1.165) is 38.3 Å². The molecule has 1 aromatic heterocycles. The number of carbonyl (C=O) groups is 2. The number of ketones is 1. The average Bonchev–Trinajstić information content (AvgIpc) is 3.05. The third kappa shape index (κ3) is 4.56. The fourth-order valence-corrected chi connectivity index (χ4v) is 3.39. The predicted octanol–water partition coefficient (Wildman–Crippen LogP) is 3.09. The van der Waals surface area contributed by atoms with E-state index in [1.807, 2.05) is 42.4 Å². The Balaban J connectivity index is 1.42. The quantitative estimate of drug-likeness (QED) is 0.760. The van der Waals surface area contributed by atoms with E-state index in [-0.39, 0.29) is 18.1 Å². The molecule has 1 aliphatic heterocycles. The Morgan fingerprint density at radius 2 is 1.84 bits per heavy atom. The second-order valence-corrected chi connectivity index (χ2v) is 6.74. The molecule has 2 heterocycles. The van der Waals surface area contributed by atoms with Crippen molar-refractivity contribution in [3.8, 4) is 0 Å². The van der Waals surface area contributed by atoms with Gasteiger partial charge in [-0.3, -0.25) is 9.59 Å². The predicted molar refractivity (Wildman–Crippen MR) is 96.3 cm³/mol. The zero-order chi connectivity index (χ0) is 17.6. The molecular formula is C20H25N3O2. The topological polar surface area (TPSA) is 55.2 Å². The van der Waals surface area contributed by atoms with Crippen molar-refractivity contribution < 1.29 is 9.59 Å². The van der Waals surface area contributed by atoms with E-state index in [1.165, 1.54) is 0 Å². The lowest BCUT2D eigenvalue weighted by atomic mass is 9.96. The number of amides is 1. The van der Waals surface area contributed by atoms with Crippen LogP contribution in [0, 0.1) is 12.8 Å². The van der Waals surface area contributed by atoms with Crippen LogP contribution in [0.15, 0.2) is 42.7 Å². The van der Waals surface area contributed by atoms with E-state index >= 15 is 0 Å². The van der Waals surface area contributed by atoms with Gasteiger partial charge in [0.05, 0.1) is 0 Å². The molecule has 0 aliphatic carbocycles. The number of imidazole rings is 1. The van der Waals surface area contributed by atoms with Crippen LogP contribution in [0.4, 0.5) is 0 Å². The number of aromatic nitrogens is 2. The van der Waals surface area contributed by atoms with Gasteiger partial charge in [0.15, 0.2) is 5.78 Å². The molecule has 0 spiro atoms. The minimum absolute atomic E-state index is 0.0411. The molecule has 1 fully saturated rings. The van der Waals surface area contributed by atoms with Crippen molar-refractivity contribution in [3.63, 3.8) is 0 Å². The molecule has 0 N–H and O–H groups in total. The summed E-state index contributed by atoms with van der Waals surface area (Å²) in [6.45, 7) is 4.57. The van der Waals surface area contributed by atoms with Crippen LogP contribution < -0.4 is 0 Å². The number of nitrogens with zero attached hydrogens (tertiary/aromatic N) is 3. The number of piperidine rings is 1. The molecule has 25 heavy (non-hydrogen) atoms. The highest BCUT2D eigenvalue weighted by Crippen LogP contribution is 2.20. The van der Waals surface area contributed by atoms with Crippen LogP contribution in [0.3, 0.4) is 0 Å². The van der Waals surface area contributed by atoms with E-state index in [4.69, 9.17) is 0 Å². The van der Waals surface area contributed by atoms with Crippen LogP contribution in [0.1, 0.15) is 41.9 Å². The number of hydrogen-bond donors (Lipinski definition) is 0. The Labute approximate surface area is 148 Å². The van der Waals surface area contributed by atoms with Crippen LogP contribution in [0.5, 0.6) is 0 Å². The zero-order valence-corrected chi connectivity index (χ0v) is 14.7. The molecule has 3 rings (SSSR count). The third-order valence-corrected chi connectivity index (χ3v) is 5.01. The Hall–Kier alpha value is -2.43. The van der Waals surface area contributed by atoms with Gasteiger partial charge in [0, 0.05) is 50.4 Å². The summed E-state index contributed by atoms with van der Waals surface area (Å²) in [5.41, 5.74) is 0.685. The summed E-state index contributed by atoms with van der Waals surface area (Å²) in [7, 11) is 0. The van der Waals surface area contributed by atoms with E-state index < -0.39 is 0 Å². The molecule has 0 bridgehead atoms. The monoisotopic (exact) mass is 339 g/mol. The summed E-state index contributed by atoms with van der Waals surface area (Å²) in [6.07, 6.45) is 6.46. The Morgan fingerprint density at radius 3 is 2.48 bits per heavy atom. The summed E-state index contributed by atoms with van der Waals surface area (Å²) in [5.74, 6) is 1.77. The first-order valence-corrected chi connectivity index (χ1v) is 8.97. The molecule has 5 nitrogen and oxygen atoms in total. The first-order chi connectivity index (χ1) is 12.1. The number of Topliss-reactive ketones (excluding diaryl/α,β-unsaturated/α-hetero) is 1. The Bertz CT molecular complexity index is 716. The first-order valence-electron chi connectivity index (χ1n) is 8.97. The summed E-state index contributed by atoms with van der Waals surface area (Å²) < 4.78 is 2.18. The van der Waals surface area contributed by atoms with Crippen molar-refractivity contribution in [2.24, 2.45) is 5.92 Å². The molecule has 132 valence electrons. The minimum atomic E-state index is 0.0411. The normalized spacial score (nSPS) is 15.3. The second-order valence-electron chi connectivity index (χ2n) is 6.74. The summed E-state index contributed by atoms with van der Waals surface area (Å²) >= 11 is 0. The van der Waals surface area contributed by atoms with Gasteiger partial charge in [-0.05, 0) is 25.7 Å². The van der Waals surface area contributed by atoms with Crippen molar-refractivity contribution in [1.29, 1.82) is 0 Å². The largest absolute Gasteiger partial charge is 0.343 e. The summed E-state index contributed by atoms with van der Waals surface area (Å²) in [4.78, 5) is 30.7. The number of aryl methyl sites for hydroxylation is 1. The van der Waals surface area contributed by atoms with Crippen molar-refractivity contribution in [3.05, 3.63) is 54.1 Å². The molecule has 0 saturated carbocycles. The highest BCUT2D eigenvalue weighted by Gasteiger charge is 2.23. The van der Waals surface area contributed by atoms with Crippen molar-refractivity contribution >= 4 is 11.7 Å². The maximum atomic E-state index is 12.4. The lowest BCUT2D eigenvalue weighted by Crippen LogP contribution is -2.39. The van der Waals surface area contributed by atoms with Crippen LogP contribution in [-0.2, 0) is 11.3 Å². The lowest BCUT2D eigenvalue weighted by molar-refractivity contribution is -0.132. The number of rotatable bonds is 6. The van der Waals surface area contributed by atoms with E-state index in [9.17, 15) is 9.59 Å². The van der Waals surface area contributed by atoms with Gasteiger partial charge in [0.2, 0.25) is 5.91 Å². The summed E-state index contributed by atoms with van der Waals surface area (Å²) in [5, 5.41) is 0. The van der Waals surface area contributed by atoms with E-state index in [0.29, 0.717) is 17.9 Å². The molecular weight excluding hydrogens is 314 g/mol. The smallest absolute Gasteiger partial charge is 0.223 e. The van der Waals surface area contributed by atoms with Gasteiger partial charge in [-0.2, -0.15) is 0 Å². The molecule has 0 unspecified atom stereocenters. The molecule has 1 aromatic carbocycles. The molecule has 1 amide bonds. The molecule has 0 atom stereocenters. The Morgan fingerprint density at radius 1 is 1.12 bits per heavy atom. The third-order valence-electron chi connectivity index (χ3n) is 5.01. The van der Waals surface area contributed by atoms with Crippen molar-refractivity contribution in [2.75, 3.05) is 13.1 Å². The van der Waals surface area contributed by atoms with Gasteiger partial charge in [-0.25, -0.2) is 4.98 Å². The highest BCUT2D eigenvalue weighted by atomic mass is 16.2. The molecule has 1 aliphatic rings. The SMILES string of the molecule is Cc1nccn1CC1CCN(C(=O)CCC(=O)c2ccccc2)CC1. The van der Waals surface area contributed by atoms with Crippen LogP contribution >= 0.6 is 0 Å². The fraction of sp³-hybridized carbons (Fsp3) is 0.450. The second kappa shape index (κ2) is 8.10. The Kier molecular flexibility index (Phi) is 5.64. The fourth-order valence-electron chi connectivity index (χ4n) is 3.39. The van der Waals surface area contributed by atoms with Crippen molar-refractivity contribution in [2.45, 2.75) is 39.2 Å². The zero-order valence-electron chi connectivity index (χ0n) is 14.7. The maximum absolute atomic E-state index is 12.4. The van der Waals surface area contributed by atoms with Gasteiger partial charge >= 0.3 is 0 Å². The number of benzene rings is 1. The molecule has 5 heteroatoms. The summed E-state index contributed by atoms with van der Waals surface area (Å²) in [6, 6.07) is 9.19. The van der Waals surface area contributed by atoms with E-state index in [2.05, 4.69) is 9.55 Å². The standard InChI is InChI=1S/C20H25N3O2/c1-16-21-11-14-23(16)15-17-9-12-22(13-10-17)20(25)8-7-19(24)18-5-3-2-4-6-18/h2-6,11,14,17H,7-10,12-13,15H2,1H3. The van der Waals surface area contributed by atoms with Crippen LogP contribution in [0.2, 0.25) is 0 Å². The maximum Gasteiger partial charge on any atom is 0.223 e. The molecule has 1 saturated heterocycles. The number of likely N-dealkylation sites (tertiary alicyclic amines) is 1. The number of hydrogen-bond acceptors (Lipinski definition) is 3. The van der Waals surface area contributed by atoms with Gasteiger partial charge in [-0.1, -0.05) is 30.3 Å². The van der Waals surface area contributed by atoms with Gasteiger partial charge in [-0.15, -0.1) is 0 Å². The first kappa shape index (κ1) is 17.4. The van der Waals surface area contributed by atoms with E-state index in [1.54, 1.807) is 12.1 Å². The minimum Gasteiger partial charge on any atom is -0.343 e. The van der Waals surface area contributed by atoms with Crippen molar-refractivity contribution in [1.82, 2.24) is 14.5 Å². The van der Waals surface area contributed by atoms with Gasteiger partial charge in [0.25, 0.3) is 0 Å². The average molecular weight is 339 g/mol. The van der Waals surface area contributed by atoms with Gasteiger partial charge < -0.3 is 9.47 Å².